The number of carboxylic acids is 1. The number of benzene rings is 1. The number of fused-ring (bicyclic) bond motifs is 1. The van der Waals surface area contributed by atoms with Crippen molar-refractivity contribution in [2.45, 2.75) is 12.7 Å². The molecule has 1 aromatic heterocycles. The van der Waals surface area contributed by atoms with E-state index in [9.17, 15) is 13.2 Å². The first kappa shape index (κ1) is 12.6. The molecular weight excluding hydrogens is 256 g/mol. The van der Waals surface area contributed by atoms with Gasteiger partial charge in [0.25, 0.3) is 0 Å². The number of sulfone groups is 1. The highest BCUT2D eigenvalue weighted by Crippen LogP contribution is 2.14. The number of H-pyrrole nitrogens is 1. The molecule has 0 unspecified atom stereocenters. The Morgan fingerprint density at radius 3 is 2.83 bits per heavy atom. The molecule has 0 amide bonds. The standard InChI is InChI=1S/C11H12N2O4S/c1-7-2-3-8-9(4-7)13-10(12-8)5-18(16,17)6-11(14)15/h2-4H,5-6H2,1H3,(H,12,13)(H,14,15). The average molecular weight is 268 g/mol. The van der Waals surface area contributed by atoms with Crippen molar-refractivity contribution in [3.63, 3.8) is 0 Å². The molecule has 2 N–H and O–H groups in total. The summed E-state index contributed by atoms with van der Waals surface area (Å²) < 4.78 is 23.0. The molecule has 0 bridgehead atoms. The molecule has 2 rings (SSSR count). The Hall–Kier alpha value is -1.89. The van der Waals surface area contributed by atoms with Crippen molar-refractivity contribution in [3.05, 3.63) is 29.6 Å². The highest BCUT2D eigenvalue weighted by Gasteiger charge is 2.18. The van der Waals surface area contributed by atoms with Gasteiger partial charge in [-0.15, -0.1) is 0 Å². The minimum atomic E-state index is -3.68. The van der Waals surface area contributed by atoms with E-state index in [0.29, 0.717) is 5.52 Å². The molecule has 2 aromatic rings. The lowest BCUT2D eigenvalue weighted by Crippen LogP contribution is -2.17. The van der Waals surface area contributed by atoms with Gasteiger partial charge in [0.05, 0.1) is 11.0 Å². The number of carboxylic acid groups (broad SMARTS) is 1. The Bertz CT molecular complexity index is 703. The number of carbonyl (C=O) groups is 1. The number of nitrogens with zero attached hydrogens (tertiary/aromatic N) is 1. The third-order valence-electron chi connectivity index (χ3n) is 2.39. The Morgan fingerprint density at radius 2 is 2.17 bits per heavy atom. The summed E-state index contributed by atoms with van der Waals surface area (Å²) in [4.78, 5) is 17.4. The molecule has 0 spiro atoms. The van der Waals surface area contributed by atoms with Crippen LogP contribution in [0.2, 0.25) is 0 Å². The second-order valence-corrected chi connectivity index (χ2v) is 6.19. The number of rotatable bonds is 4. The molecule has 96 valence electrons. The number of aromatic nitrogens is 2. The first-order chi connectivity index (χ1) is 8.35. The van der Waals surface area contributed by atoms with Crippen LogP contribution >= 0.6 is 0 Å². The van der Waals surface area contributed by atoms with Crippen molar-refractivity contribution >= 4 is 26.8 Å². The second kappa shape index (κ2) is 4.41. The van der Waals surface area contributed by atoms with E-state index in [4.69, 9.17) is 5.11 Å². The van der Waals surface area contributed by atoms with Crippen molar-refractivity contribution in [1.29, 1.82) is 0 Å². The number of imidazole rings is 1. The van der Waals surface area contributed by atoms with Crippen molar-refractivity contribution < 1.29 is 18.3 Å². The minimum Gasteiger partial charge on any atom is -0.480 e. The maximum absolute atomic E-state index is 11.5. The molecule has 0 aliphatic heterocycles. The predicted octanol–water partition coefficient (Wildman–Crippen LogP) is 0.871. The summed E-state index contributed by atoms with van der Waals surface area (Å²) in [6.07, 6.45) is 0. The molecule has 0 radical (unpaired) electrons. The Balaban J connectivity index is 2.30. The van der Waals surface area contributed by atoms with E-state index in [2.05, 4.69) is 9.97 Å². The molecule has 18 heavy (non-hydrogen) atoms. The predicted molar refractivity (Wildman–Crippen MR) is 66.0 cm³/mol. The fourth-order valence-electron chi connectivity index (χ4n) is 1.69. The zero-order chi connectivity index (χ0) is 13.3. The summed E-state index contributed by atoms with van der Waals surface area (Å²) in [5, 5.41) is 8.49. The zero-order valence-electron chi connectivity index (χ0n) is 9.67. The van der Waals surface area contributed by atoms with E-state index in [1.807, 2.05) is 19.1 Å². The summed E-state index contributed by atoms with van der Waals surface area (Å²) in [5.41, 5.74) is 2.45. The van der Waals surface area contributed by atoms with Crippen LogP contribution in [0.1, 0.15) is 11.4 Å². The van der Waals surface area contributed by atoms with Crippen molar-refractivity contribution in [2.75, 3.05) is 5.75 Å². The van der Waals surface area contributed by atoms with Gasteiger partial charge in [-0.2, -0.15) is 0 Å². The summed E-state index contributed by atoms with van der Waals surface area (Å²) in [5.74, 6) is -2.38. The van der Waals surface area contributed by atoms with Crippen LogP contribution in [0.25, 0.3) is 11.0 Å². The van der Waals surface area contributed by atoms with E-state index in [-0.39, 0.29) is 5.82 Å². The Kier molecular flexibility index (Phi) is 3.08. The van der Waals surface area contributed by atoms with Crippen LogP contribution in [0.4, 0.5) is 0 Å². The van der Waals surface area contributed by atoms with Crippen LogP contribution in [-0.2, 0) is 20.4 Å². The average Bonchev–Trinajstić information content (AvgIpc) is 2.55. The van der Waals surface area contributed by atoms with Crippen molar-refractivity contribution in [2.24, 2.45) is 0 Å². The van der Waals surface area contributed by atoms with Crippen LogP contribution in [0.5, 0.6) is 0 Å². The number of aryl methyl sites for hydroxylation is 1. The Morgan fingerprint density at radius 1 is 1.44 bits per heavy atom. The quantitative estimate of drug-likeness (QED) is 0.857. The number of nitrogens with one attached hydrogen (secondary N) is 1. The normalized spacial score (nSPS) is 11.8. The zero-order valence-corrected chi connectivity index (χ0v) is 10.5. The molecule has 0 saturated carbocycles. The van der Waals surface area contributed by atoms with Gasteiger partial charge in [-0.25, -0.2) is 13.4 Å². The van der Waals surface area contributed by atoms with Gasteiger partial charge in [0.15, 0.2) is 9.84 Å². The van der Waals surface area contributed by atoms with E-state index < -0.39 is 27.3 Å². The van der Waals surface area contributed by atoms with Gasteiger partial charge in [-0.05, 0) is 24.6 Å². The highest BCUT2D eigenvalue weighted by molar-refractivity contribution is 7.91. The van der Waals surface area contributed by atoms with Crippen LogP contribution in [-0.4, -0.2) is 35.2 Å². The molecule has 0 fully saturated rings. The van der Waals surface area contributed by atoms with Gasteiger partial charge in [-0.3, -0.25) is 4.79 Å². The van der Waals surface area contributed by atoms with E-state index in [0.717, 1.165) is 11.1 Å². The van der Waals surface area contributed by atoms with E-state index in [1.54, 1.807) is 6.07 Å². The first-order valence-corrected chi connectivity index (χ1v) is 7.05. The van der Waals surface area contributed by atoms with Crippen molar-refractivity contribution in [3.8, 4) is 0 Å². The molecule has 0 saturated heterocycles. The number of aromatic amines is 1. The minimum absolute atomic E-state index is 0.261. The largest absolute Gasteiger partial charge is 0.480 e. The molecule has 6 nitrogen and oxygen atoms in total. The van der Waals surface area contributed by atoms with Crippen LogP contribution < -0.4 is 0 Å². The van der Waals surface area contributed by atoms with Gasteiger partial charge < -0.3 is 10.1 Å². The molecule has 0 atom stereocenters. The monoisotopic (exact) mass is 268 g/mol. The maximum Gasteiger partial charge on any atom is 0.318 e. The van der Waals surface area contributed by atoms with E-state index >= 15 is 0 Å². The fourth-order valence-corrected chi connectivity index (χ4v) is 2.72. The van der Waals surface area contributed by atoms with E-state index in [1.165, 1.54) is 0 Å². The van der Waals surface area contributed by atoms with Crippen molar-refractivity contribution in [1.82, 2.24) is 9.97 Å². The van der Waals surface area contributed by atoms with Gasteiger partial charge in [0.2, 0.25) is 0 Å². The van der Waals surface area contributed by atoms with Gasteiger partial charge in [0.1, 0.15) is 17.3 Å². The second-order valence-electron chi connectivity index (χ2n) is 4.13. The topological polar surface area (TPSA) is 100 Å². The van der Waals surface area contributed by atoms with Crippen LogP contribution in [0, 0.1) is 6.92 Å². The SMILES string of the molecule is Cc1ccc2nc(CS(=O)(=O)CC(=O)O)[nH]c2c1. The molecule has 0 aliphatic carbocycles. The summed E-state index contributed by atoms with van der Waals surface area (Å²) in [6.45, 7) is 1.92. The summed E-state index contributed by atoms with van der Waals surface area (Å²) in [7, 11) is -3.68. The third-order valence-corrected chi connectivity index (χ3v) is 3.79. The van der Waals surface area contributed by atoms with Gasteiger partial charge in [-0.1, -0.05) is 6.07 Å². The fraction of sp³-hybridized carbons (Fsp3) is 0.273. The smallest absolute Gasteiger partial charge is 0.318 e. The summed E-state index contributed by atoms with van der Waals surface area (Å²) >= 11 is 0. The van der Waals surface area contributed by atoms with Crippen LogP contribution in [0.3, 0.4) is 0 Å². The van der Waals surface area contributed by atoms with Gasteiger partial charge in [0, 0.05) is 0 Å². The lowest BCUT2D eigenvalue weighted by molar-refractivity contribution is -0.134. The Labute approximate surface area is 104 Å². The van der Waals surface area contributed by atoms with Gasteiger partial charge >= 0.3 is 5.97 Å². The maximum atomic E-state index is 11.5. The molecule has 1 heterocycles. The first-order valence-electron chi connectivity index (χ1n) is 5.23. The third kappa shape index (κ3) is 2.86. The molecule has 0 aliphatic rings. The molecular formula is C11H12N2O4S. The number of hydrogen-bond acceptors (Lipinski definition) is 4. The molecule has 7 heteroatoms. The summed E-state index contributed by atoms with van der Waals surface area (Å²) in [6, 6.07) is 5.52. The lowest BCUT2D eigenvalue weighted by atomic mass is 10.2. The number of aliphatic carboxylic acids is 1. The lowest BCUT2D eigenvalue weighted by Gasteiger charge is -1.97. The van der Waals surface area contributed by atoms with Crippen LogP contribution in [0.15, 0.2) is 18.2 Å². The number of hydrogen-bond donors (Lipinski definition) is 2. The molecule has 1 aromatic carbocycles. The highest BCUT2D eigenvalue weighted by atomic mass is 32.2.